The molecule has 0 aliphatic heterocycles. The number of hydrogen-bond acceptors (Lipinski definition) is 1. The van der Waals surface area contributed by atoms with Gasteiger partial charge in [-0.25, -0.2) is 0 Å². The second-order valence-corrected chi connectivity index (χ2v) is 2.50. The van der Waals surface area contributed by atoms with Crippen LogP contribution in [-0.4, -0.2) is 0 Å². The molecule has 0 bridgehead atoms. The van der Waals surface area contributed by atoms with Crippen molar-refractivity contribution in [2.75, 3.05) is 5.73 Å². The van der Waals surface area contributed by atoms with E-state index in [9.17, 15) is 0 Å². The van der Waals surface area contributed by atoms with E-state index in [1.54, 1.807) is 0 Å². The summed E-state index contributed by atoms with van der Waals surface area (Å²) in [5.41, 5.74) is 6.27. The zero-order valence-corrected chi connectivity index (χ0v) is 7.42. The molecule has 0 saturated heterocycles. The van der Waals surface area contributed by atoms with Crippen molar-refractivity contribution in [3.8, 4) is 0 Å². The summed E-state index contributed by atoms with van der Waals surface area (Å²) in [6, 6.07) is 15.0. The van der Waals surface area contributed by atoms with Crippen LogP contribution in [0.2, 0.25) is 0 Å². The van der Waals surface area contributed by atoms with Gasteiger partial charge in [0.15, 0.2) is 0 Å². The molecule has 0 heterocycles. The van der Waals surface area contributed by atoms with Crippen LogP contribution >= 0.6 is 0 Å². The Kier molecular flexibility index (Phi) is 2.73. The maximum Gasteiger partial charge on any atom is 0 e. The van der Waals surface area contributed by atoms with Crippen LogP contribution in [0, 0.1) is 6.07 Å². The topological polar surface area (TPSA) is 26.0 Å². The van der Waals surface area contributed by atoms with E-state index in [1.807, 2.05) is 36.4 Å². The van der Waals surface area contributed by atoms with Gasteiger partial charge < -0.3 is 5.73 Å². The molecule has 0 spiro atoms. The van der Waals surface area contributed by atoms with Gasteiger partial charge in [0.2, 0.25) is 0 Å². The first-order chi connectivity index (χ1) is 5.36. The Balaban J connectivity index is 0.000000720. The van der Waals surface area contributed by atoms with Crippen LogP contribution in [0.1, 0.15) is 0 Å². The van der Waals surface area contributed by atoms with E-state index < -0.39 is 0 Å². The van der Waals surface area contributed by atoms with Crippen LogP contribution < -0.4 is 5.73 Å². The minimum atomic E-state index is 0. The predicted molar refractivity (Wildman–Crippen MR) is 47.2 cm³/mol. The van der Waals surface area contributed by atoms with E-state index in [0.29, 0.717) is 5.69 Å². The summed E-state index contributed by atoms with van der Waals surface area (Å²) in [7, 11) is 0. The van der Waals surface area contributed by atoms with E-state index in [4.69, 9.17) is 5.73 Å². The molecule has 63 valence electrons. The van der Waals surface area contributed by atoms with E-state index >= 15 is 0 Å². The third-order valence-electron chi connectivity index (χ3n) is 1.68. The summed E-state index contributed by atoms with van der Waals surface area (Å²) in [6.07, 6.45) is 0. The zero-order chi connectivity index (χ0) is 7.68. The molecule has 1 nitrogen and oxygen atoms in total. The van der Waals surface area contributed by atoms with Crippen LogP contribution in [0.3, 0.4) is 0 Å². The molecule has 2 heteroatoms. The van der Waals surface area contributed by atoms with Crippen LogP contribution in [0.15, 0.2) is 36.4 Å². The van der Waals surface area contributed by atoms with Gasteiger partial charge in [0, 0.05) is 16.8 Å². The van der Waals surface area contributed by atoms with Gasteiger partial charge in [-0.05, 0) is 0 Å². The molecule has 2 N–H and O–H groups in total. The van der Waals surface area contributed by atoms with Gasteiger partial charge in [-0.2, -0.15) is 0 Å². The van der Waals surface area contributed by atoms with Crippen LogP contribution in [0.25, 0.3) is 10.8 Å². The van der Waals surface area contributed by atoms with Crippen LogP contribution in [-0.2, 0) is 16.8 Å². The second-order valence-electron chi connectivity index (χ2n) is 2.50. The maximum absolute atomic E-state index is 5.57. The normalized spacial score (nSPS) is 9.33. The third-order valence-corrected chi connectivity index (χ3v) is 1.68. The maximum atomic E-state index is 5.57. The van der Waals surface area contributed by atoms with Crippen LogP contribution in [0.5, 0.6) is 0 Å². The van der Waals surface area contributed by atoms with Gasteiger partial charge in [-0.15, -0.1) is 41.1 Å². The zero-order valence-electron chi connectivity index (χ0n) is 6.37. The Morgan fingerprint density at radius 2 is 1.75 bits per heavy atom. The molecule has 2 aromatic carbocycles. The second kappa shape index (κ2) is 3.60. The summed E-state index contributed by atoms with van der Waals surface area (Å²) in [4.78, 5) is 0. The molecule has 0 unspecified atom stereocenters. The summed E-state index contributed by atoms with van der Waals surface area (Å²) in [5, 5.41) is 2.26. The average molecular weight is 201 g/mol. The molecule has 0 amide bonds. The number of nitrogens with two attached hydrogens (primary N) is 1. The van der Waals surface area contributed by atoms with Gasteiger partial charge in [0.25, 0.3) is 0 Å². The van der Waals surface area contributed by atoms with Gasteiger partial charge in [-0.1, -0.05) is 17.8 Å². The van der Waals surface area contributed by atoms with Gasteiger partial charge in [-0.3, -0.25) is 0 Å². The number of rotatable bonds is 0. The van der Waals surface area contributed by atoms with Gasteiger partial charge >= 0.3 is 0 Å². The van der Waals surface area contributed by atoms with Gasteiger partial charge in [0.05, 0.1) is 0 Å². The van der Waals surface area contributed by atoms with Crippen molar-refractivity contribution in [2.24, 2.45) is 0 Å². The van der Waals surface area contributed by atoms with E-state index in [0.717, 1.165) is 5.39 Å². The molecule has 0 saturated carbocycles. The molecule has 2 aromatic rings. The number of benzene rings is 2. The molecule has 0 aliphatic carbocycles. The molecular formula is C10H8CoN-. The summed E-state index contributed by atoms with van der Waals surface area (Å²) < 4.78 is 0. The van der Waals surface area contributed by atoms with Crippen molar-refractivity contribution in [1.29, 1.82) is 0 Å². The third kappa shape index (κ3) is 1.60. The molecule has 0 aliphatic rings. The Hall–Kier alpha value is -0.994. The fourth-order valence-electron chi connectivity index (χ4n) is 1.13. The summed E-state index contributed by atoms with van der Waals surface area (Å²) >= 11 is 0. The quantitative estimate of drug-likeness (QED) is 0.513. The monoisotopic (exact) mass is 201 g/mol. The van der Waals surface area contributed by atoms with Crippen molar-refractivity contribution in [3.05, 3.63) is 42.5 Å². The van der Waals surface area contributed by atoms with Crippen molar-refractivity contribution < 1.29 is 16.8 Å². The first-order valence-corrected chi connectivity index (χ1v) is 3.53. The van der Waals surface area contributed by atoms with Crippen LogP contribution in [0.4, 0.5) is 5.69 Å². The standard InChI is InChI=1S/C10H8N.Co/c11-10-6-5-8-3-1-2-4-9(8)7-10;/h1-6H,11H2;/q-1;. The minimum Gasteiger partial charge on any atom is -0.414 e. The minimum absolute atomic E-state index is 0. The number of fused-ring (bicyclic) bond motifs is 1. The average Bonchev–Trinajstić information content (AvgIpc) is 2.04. The molecular weight excluding hydrogens is 193 g/mol. The van der Waals surface area contributed by atoms with Crippen molar-refractivity contribution in [3.63, 3.8) is 0 Å². The number of anilines is 1. The molecule has 12 heavy (non-hydrogen) atoms. The van der Waals surface area contributed by atoms with E-state index in [1.165, 1.54) is 5.39 Å². The Labute approximate surface area is 81.8 Å². The Bertz CT molecular complexity index is 384. The van der Waals surface area contributed by atoms with Crippen molar-refractivity contribution in [1.82, 2.24) is 0 Å². The number of hydrogen-bond donors (Lipinski definition) is 1. The first-order valence-electron chi connectivity index (χ1n) is 3.53. The van der Waals surface area contributed by atoms with Crippen molar-refractivity contribution >= 4 is 16.5 Å². The Morgan fingerprint density at radius 1 is 1.00 bits per heavy atom. The molecule has 1 radical (unpaired) electrons. The fraction of sp³-hybridized carbons (Fsp3) is 0. The molecule has 2 rings (SSSR count). The largest absolute Gasteiger partial charge is 0.414 e. The van der Waals surface area contributed by atoms with E-state index in [2.05, 4.69) is 6.07 Å². The molecule has 0 aromatic heterocycles. The summed E-state index contributed by atoms with van der Waals surface area (Å²) in [6.45, 7) is 0. The SMILES string of the molecule is Nc1[c-]c2ccccc2cc1.[Co]. The van der Waals surface area contributed by atoms with Gasteiger partial charge in [0.1, 0.15) is 0 Å². The molecule has 0 fully saturated rings. The Morgan fingerprint density at radius 3 is 2.58 bits per heavy atom. The smallest absolute Gasteiger partial charge is 0 e. The number of nitrogen functional groups attached to an aromatic ring is 1. The molecule has 0 atom stereocenters. The van der Waals surface area contributed by atoms with E-state index in [-0.39, 0.29) is 16.8 Å². The first kappa shape index (κ1) is 9.10. The predicted octanol–water partition coefficient (Wildman–Crippen LogP) is 2.22. The summed E-state index contributed by atoms with van der Waals surface area (Å²) in [5.74, 6) is 0. The fourth-order valence-corrected chi connectivity index (χ4v) is 1.13. The van der Waals surface area contributed by atoms with Crippen molar-refractivity contribution in [2.45, 2.75) is 0 Å².